The number of benzene rings is 6. The molecule has 0 N–H and O–H groups in total. The third-order valence-electron chi connectivity index (χ3n) is 7.89. The van der Waals surface area contributed by atoms with E-state index in [1.54, 1.807) is 11.3 Å². The molecule has 0 saturated carbocycles. The van der Waals surface area contributed by atoms with Crippen LogP contribution in [0, 0.1) is 0 Å². The minimum atomic E-state index is 0.734. The third-order valence-corrected chi connectivity index (χ3v) is 9.05. The molecule has 6 aromatic carbocycles. The molecule has 3 heteroatoms. The number of fused-ring (bicyclic) bond motifs is 3. The summed E-state index contributed by atoms with van der Waals surface area (Å²) in [6.07, 6.45) is 0. The number of hydrogen-bond donors (Lipinski definition) is 0. The monoisotopic (exact) mass is 566 g/mol. The van der Waals surface area contributed by atoms with Crippen LogP contribution >= 0.6 is 11.3 Å². The smallest absolute Gasteiger partial charge is 0.160 e. The highest BCUT2D eigenvalue weighted by Gasteiger charge is 2.17. The Morgan fingerprint density at radius 3 is 1.49 bits per heavy atom. The number of hydrogen-bond acceptors (Lipinski definition) is 3. The van der Waals surface area contributed by atoms with Crippen LogP contribution in [0.1, 0.15) is 0 Å². The van der Waals surface area contributed by atoms with Gasteiger partial charge in [-0.05, 0) is 57.6 Å². The molecular weight excluding hydrogens is 541 g/mol. The molecule has 8 rings (SSSR count). The van der Waals surface area contributed by atoms with Gasteiger partial charge in [0.05, 0.1) is 15.9 Å². The number of nitrogens with zero attached hydrogens (tertiary/aromatic N) is 2. The summed E-state index contributed by atoms with van der Waals surface area (Å²) in [5, 5.41) is 1.17. The summed E-state index contributed by atoms with van der Waals surface area (Å²) >= 11 is 1.76. The molecule has 2 aromatic heterocycles. The lowest BCUT2D eigenvalue weighted by Crippen LogP contribution is -1.94. The van der Waals surface area contributed by atoms with Gasteiger partial charge in [0.15, 0.2) is 5.82 Å². The normalized spacial score (nSPS) is 11.3. The largest absolute Gasteiger partial charge is 0.226 e. The highest BCUT2D eigenvalue weighted by Crippen LogP contribution is 2.40. The summed E-state index contributed by atoms with van der Waals surface area (Å²) in [7, 11) is 0. The van der Waals surface area contributed by atoms with Crippen molar-refractivity contribution < 1.29 is 0 Å². The van der Waals surface area contributed by atoms with Crippen molar-refractivity contribution >= 4 is 31.6 Å². The van der Waals surface area contributed by atoms with Crippen LogP contribution in [0.2, 0.25) is 0 Å². The number of rotatable bonds is 5. The van der Waals surface area contributed by atoms with Crippen molar-refractivity contribution in [1.82, 2.24) is 9.97 Å². The average Bonchev–Trinajstić information content (AvgIpc) is 3.47. The molecule has 0 radical (unpaired) electrons. The first kappa shape index (κ1) is 25.3. The topological polar surface area (TPSA) is 25.8 Å². The van der Waals surface area contributed by atoms with E-state index in [0.29, 0.717) is 0 Å². The van der Waals surface area contributed by atoms with Gasteiger partial charge in [0, 0.05) is 21.2 Å². The molecule has 2 heterocycles. The predicted molar refractivity (Wildman–Crippen MR) is 182 cm³/mol. The van der Waals surface area contributed by atoms with Crippen LogP contribution in [0.5, 0.6) is 0 Å². The Kier molecular flexibility index (Phi) is 6.36. The van der Waals surface area contributed by atoms with E-state index < -0.39 is 0 Å². The molecule has 0 aliphatic rings. The van der Waals surface area contributed by atoms with E-state index in [4.69, 9.17) is 9.97 Å². The molecule has 202 valence electrons. The zero-order valence-corrected chi connectivity index (χ0v) is 24.1. The Morgan fingerprint density at radius 2 is 0.837 bits per heavy atom. The van der Waals surface area contributed by atoms with Crippen LogP contribution in [-0.2, 0) is 0 Å². The van der Waals surface area contributed by atoms with Gasteiger partial charge in [0.2, 0.25) is 0 Å². The van der Waals surface area contributed by atoms with Gasteiger partial charge in [-0.25, -0.2) is 9.97 Å². The van der Waals surface area contributed by atoms with E-state index in [-0.39, 0.29) is 0 Å². The second kappa shape index (κ2) is 10.8. The molecule has 2 nitrogen and oxygen atoms in total. The summed E-state index contributed by atoms with van der Waals surface area (Å²) in [4.78, 5) is 10.5. The fraction of sp³-hybridized carbons (Fsp3) is 0. The molecule has 0 saturated heterocycles. The molecule has 0 unspecified atom stereocenters. The van der Waals surface area contributed by atoms with Crippen LogP contribution < -0.4 is 0 Å². The zero-order chi connectivity index (χ0) is 28.6. The van der Waals surface area contributed by atoms with Crippen LogP contribution in [0.3, 0.4) is 0 Å². The second-order valence-electron chi connectivity index (χ2n) is 10.6. The summed E-state index contributed by atoms with van der Waals surface area (Å²) in [6.45, 7) is 0. The van der Waals surface area contributed by atoms with Gasteiger partial charge in [-0.15, -0.1) is 11.3 Å². The third kappa shape index (κ3) is 4.80. The standard InChI is InChI=1S/C40H26N2S/c1-3-12-27(13-4-1)29-16-9-18-31(24-29)32-19-11-21-34(26-32)40-41-37(39-38(42-40)35-22-7-8-23-36(35)43-39)33-20-10-17-30(25-33)28-14-5-2-6-15-28/h1-26H. The molecule has 0 atom stereocenters. The molecule has 0 aliphatic carbocycles. The molecule has 8 aromatic rings. The van der Waals surface area contributed by atoms with Crippen LogP contribution in [0.15, 0.2) is 158 Å². The lowest BCUT2D eigenvalue weighted by molar-refractivity contribution is 1.24. The Bertz CT molecular complexity index is 2230. The SMILES string of the molecule is c1ccc(-c2cccc(-c3cccc(-c4nc(-c5cccc(-c6ccccc6)c5)c5sc6ccccc6c5n4)c3)c2)cc1. The first-order valence-corrected chi connectivity index (χ1v) is 15.2. The van der Waals surface area contributed by atoms with Crippen LogP contribution in [0.4, 0.5) is 0 Å². The highest BCUT2D eigenvalue weighted by molar-refractivity contribution is 7.26. The van der Waals surface area contributed by atoms with Gasteiger partial charge in [0.25, 0.3) is 0 Å². The van der Waals surface area contributed by atoms with Crippen molar-refractivity contribution in [3.8, 4) is 56.0 Å². The Morgan fingerprint density at radius 1 is 0.372 bits per heavy atom. The van der Waals surface area contributed by atoms with Gasteiger partial charge >= 0.3 is 0 Å². The zero-order valence-electron chi connectivity index (χ0n) is 23.3. The predicted octanol–water partition coefficient (Wildman–Crippen LogP) is 11.2. The van der Waals surface area contributed by atoms with Crippen LogP contribution in [-0.4, -0.2) is 9.97 Å². The number of thiophene rings is 1. The van der Waals surface area contributed by atoms with Crippen molar-refractivity contribution in [3.05, 3.63) is 158 Å². The lowest BCUT2D eigenvalue weighted by atomic mass is 9.98. The van der Waals surface area contributed by atoms with E-state index in [1.807, 2.05) is 0 Å². The molecule has 0 fully saturated rings. The summed E-state index contributed by atoms with van der Waals surface area (Å²) in [5.41, 5.74) is 11.1. The van der Waals surface area contributed by atoms with Crippen LogP contribution in [0.25, 0.3) is 76.3 Å². The van der Waals surface area contributed by atoms with Gasteiger partial charge in [0.1, 0.15) is 0 Å². The number of aromatic nitrogens is 2. The summed E-state index contributed by atoms with van der Waals surface area (Å²) in [6, 6.07) is 55.6. The van der Waals surface area contributed by atoms with Gasteiger partial charge in [-0.2, -0.15) is 0 Å². The van der Waals surface area contributed by atoms with Crippen molar-refractivity contribution in [2.24, 2.45) is 0 Å². The molecule has 0 amide bonds. The van der Waals surface area contributed by atoms with Crippen molar-refractivity contribution in [3.63, 3.8) is 0 Å². The van der Waals surface area contributed by atoms with E-state index in [9.17, 15) is 0 Å². The highest BCUT2D eigenvalue weighted by atomic mass is 32.1. The maximum Gasteiger partial charge on any atom is 0.160 e. The Labute approximate surface area is 254 Å². The molecule has 43 heavy (non-hydrogen) atoms. The fourth-order valence-corrected chi connectivity index (χ4v) is 6.89. The van der Waals surface area contributed by atoms with Crippen molar-refractivity contribution in [1.29, 1.82) is 0 Å². The maximum absolute atomic E-state index is 5.27. The minimum Gasteiger partial charge on any atom is -0.226 e. The lowest BCUT2D eigenvalue weighted by Gasteiger charge is -2.11. The van der Waals surface area contributed by atoms with E-state index in [0.717, 1.165) is 38.4 Å². The van der Waals surface area contributed by atoms with Gasteiger partial charge in [-0.3, -0.25) is 0 Å². The average molecular weight is 567 g/mol. The first-order chi connectivity index (χ1) is 21.3. The van der Waals surface area contributed by atoms with E-state index in [1.165, 1.54) is 37.9 Å². The molecule has 0 spiro atoms. The van der Waals surface area contributed by atoms with E-state index >= 15 is 0 Å². The van der Waals surface area contributed by atoms with Gasteiger partial charge in [-0.1, -0.05) is 133 Å². The van der Waals surface area contributed by atoms with Crippen molar-refractivity contribution in [2.45, 2.75) is 0 Å². The molecule has 0 aliphatic heterocycles. The quantitative estimate of drug-likeness (QED) is 0.207. The first-order valence-electron chi connectivity index (χ1n) is 14.4. The summed E-state index contributed by atoms with van der Waals surface area (Å²) in [5.74, 6) is 0.734. The second-order valence-corrected chi connectivity index (χ2v) is 11.7. The maximum atomic E-state index is 5.27. The molecular formula is C40H26N2S. The Balaban J connectivity index is 1.29. The molecule has 0 bridgehead atoms. The summed E-state index contributed by atoms with van der Waals surface area (Å²) < 4.78 is 2.33. The fourth-order valence-electron chi connectivity index (χ4n) is 5.74. The van der Waals surface area contributed by atoms with Gasteiger partial charge < -0.3 is 0 Å². The van der Waals surface area contributed by atoms with E-state index in [2.05, 4.69) is 158 Å². The minimum absolute atomic E-state index is 0.734. The van der Waals surface area contributed by atoms with Crippen molar-refractivity contribution in [2.75, 3.05) is 0 Å². The Hall–Kier alpha value is -5.38.